The highest BCUT2D eigenvalue weighted by atomic mass is 35.5. The molecule has 1 aromatic carbocycles. The average Bonchev–Trinajstić information content (AvgIpc) is 3.04. The van der Waals surface area contributed by atoms with Gasteiger partial charge in [0.25, 0.3) is 0 Å². The summed E-state index contributed by atoms with van der Waals surface area (Å²) in [6.07, 6.45) is 0.731. The standard InChI is InChI=1S/C19H20ClNO5S2/c1-12-3-6-27-17(12)2-5-21-19(23)4-7-28(24,25)18-10-16-13(9-15(18)20)8-14(22)11-26-16/h3,6,9-10H,2,4-5,7-8,11H2,1H3,(H,21,23). The summed E-state index contributed by atoms with van der Waals surface area (Å²) in [4.78, 5) is 24.6. The van der Waals surface area contributed by atoms with Gasteiger partial charge in [0, 0.05) is 35.9 Å². The summed E-state index contributed by atoms with van der Waals surface area (Å²) >= 11 is 7.75. The van der Waals surface area contributed by atoms with Gasteiger partial charge in [0.15, 0.2) is 15.6 Å². The molecule has 0 aliphatic carbocycles. The third-order valence-electron chi connectivity index (χ3n) is 4.47. The normalized spacial score (nSPS) is 13.7. The second-order valence-corrected chi connectivity index (χ2v) is 10.1. The van der Waals surface area contributed by atoms with Gasteiger partial charge in [-0.1, -0.05) is 11.6 Å². The Morgan fingerprint density at radius 2 is 2.14 bits per heavy atom. The van der Waals surface area contributed by atoms with Gasteiger partial charge in [-0.05, 0) is 36.4 Å². The number of carbonyl (C=O) groups is 2. The quantitative estimate of drug-likeness (QED) is 0.713. The van der Waals surface area contributed by atoms with Crippen molar-refractivity contribution in [2.45, 2.75) is 31.1 Å². The molecule has 0 radical (unpaired) electrons. The second kappa shape index (κ2) is 8.63. The minimum absolute atomic E-state index is 0.0330. The Morgan fingerprint density at radius 1 is 1.36 bits per heavy atom. The van der Waals surface area contributed by atoms with E-state index in [2.05, 4.69) is 5.32 Å². The van der Waals surface area contributed by atoms with Gasteiger partial charge in [-0.25, -0.2) is 8.42 Å². The molecule has 2 aromatic rings. The van der Waals surface area contributed by atoms with Crippen molar-refractivity contribution in [3.63, 3.8) is 0 Å². The molecule has 0 saturated carbocycles. The number of ether oxygens (including phenoxy) is 1. The predicted octanol–water partition coefficient (Wildman–Crippen LogP) is 2.74. The fourth-order valence-electron chi connectivity index (χ4n) is 2.91. The van der Waals surface area contributed by atoms with Crippen LogP contribution in [0.3, 0.4) is 0 Å². The van der Waals surface area contributed by atoms with E-state index in [0.29, 0.717) is 24.3 Å². The van der Waals surface area contributed by atoms with E-state index in [1.54, 1.807) is 11.3 Å². The lowest BCUT2D eigenvalue weighted by atomic mass is 10.1. The van der Waals surface area contributed by atoms with Gasteiger partial charge >= 0.3 is 0 Å². The number of hydrogen-bond donors (Lipinski definition) is 1. The zero-order valence-electron chi connectivity index (χ0n) is 15.3. The van der Waals surface area contributed by atoms with Gasteiger partial charge < -0.3 is 10.1 Å². The first-order chi connectivity index (χ1) is 13.3. The van der Waals surface area contributed by atoms with Crippen LogP contribution < -0.4 is 10.1 Å². The molecule has 1 amide bonds. The summed E-state index contributed by atoms with van der Waals surface area (Å²) < 4.78 is 30.6. The van der Waals surface area contributed by atoms with Crippen LogP contribution in [0.1, 0.15) is 22.4 Å². The Labute approximate surface area is 172 Å². The molecule has 9 heteroatoms. The van der Waals surface area contributed by atoms with Gasteiger partial charge in [0.05, 0.1) is 15.7 Å². The van der Waals surface area contributed by atoms with Crippen LogP contribution in [0.4, 0.5) is 0 Å². The monoisotopic (exact) mass is 441 g/mol. The number of benzene rings is 1. The molecule has 0 atom stereocenters. The fraction of sp³-hybridized carbons (Fsp3) is 0.368. The van der Waals surface area contributed by atoms with Crippen LogP contribution in [0.25, 0.3) is 0 Å². The van der Waals surface area contributed by atoms with Crippen molar-refractivity contribution in [3.8, 4) is 5.75 Å². The summed E-state index contributed by atoms with van der Waals surface area (Å²) in [5.74, 6) is -0.422. The number of rotatable bonds is 7. The molecule has 1 aliphatic heterocycles. The first kappa shape index (κ1) is 20.8. The van der Waals surface area contributed by atoms with Gasteiger partial charge in [-0.15, -0.1) is 11.3 Å². The first-order valence-corrected chi connectivity index (χ1v) is 11.7. The number of ketones is 1. The maximum Gasteiger partial charge on any atom is 0.221 e. The van der Waals surface area contributed by atoms with Gasteiger partial charge in [0.1, 0.15) is 12.4 Å². The number of carbonyl (C=O) groups excluding carboxylic acids is 2. The third kappa shape index (κ3) is 4.92. The van der Waals surface area contributed by atoms with Crippen LogP contribution in [0.15, 0.2) is 28.5 Å². The Morgan fingerprint density at radius 3 is 2.86 bits per heavy atom. The highest BCUT2D eigenvalue weighted by molar-refractivity contribution is 7.91. The lowest BCUT2D eigenvalue weighted by Gasteiger charge is -2.18. The van der Waals surface area contributed by atoms with Crippen molar-refractivity contribution in [3.05, 3.63) is 44.6 Å². The summed E-state index contributed by atoms with van der Waals surface area (Å²) in [5, 5.41) is 4.78. The van der Waals surface area contributed by atoms with Crippen molar-refractivity contribution in [2.75, 3.05) is 18.9 Å². The van der Waals surface area contributed by atoms with E-state index in [4.69, 9.17) is 16.3 Å². The van der Waals surface area contributed by atoms with E-state index in [1.165, 1.54) is 22.6 Å². The number of fused-ring (bicyclic) bond motifs is 1. The number of sulfone groups is 1. The maximum absolute atomic E-state index is 12.6. The molecule has 3 rings (SSSR count). The van der Waals surface area contributed by atoms with E-state index in [9.17, 15) is 18.0 Å². The van der Waals surface area contributed by atoms with Crippen molar-refractivity contribution in [1.29, 1.82) is 0 Å². The summed E-state index contributed by atoms with van der Waals surface area (Å²) in [5.41, 5.74) is 1.76. The van der Waals surface area contributed by atoms with Crippen molar-refractivity contribution < 1.29 is 22.7 Å². The number of thiophene rings is 1. The van der Waals surface area contributed by atoms with Crippen molar-refractivity contribution in [2.24, 2.45) is 0 Å². The van der Waals surface area contributed by atoms with Crippen LogP contribution in [-0.4, -0.2) is 39.0 Å². The van der Waals surface area contributed by atoms with Gasteiger partial charge in [-0.2, -0.15) is 0 Å². The number of halogens is 1. The van der Waals surface area contributed by atoms with E-state index in [1.807, 2.05) is 18.4 Å². The summed E-state index contributed by atoms with van der Waals surface area (Å²) in [6.45, 7) is 2.39. The molecule has 0 unspecified atom stereocenters. The third-order valence-corrected chi connectivity index (χ3v) is 7.72. The second-order valence-electron chi connectivity index (χ2n) is 6.59. The van der Waals surface area contributed by atoms with Crippen molar-refractivity contribution >= 4 is 44.5 Å². The number of aryl methyl sites for hydroxylation is 1. The smallest absolute Gasteiger partial charge is 0.221 e. The van der Waals surface area contributed by atoms with Crippen LogP contribution in [-0.2, 0) is 32.3 Å². The van der Waals surface area contributed by atoms with Crippen LogP contribution in [0.2, 0.25) is 5.02 Å². The lowest BCUT2D eigenvalue weighted by Crippen LogP contribution is -2.27. The highest BCUT2D eigenvalue weighted by Crippen LogP contribution is 2.33. The van der Waals surface area contributed by atoms with Crippen LogP contribution >= 0.6 is 22.9 Å². The average molecular weight is 442 g/mol. The molecule has 0 fully saturated rings. The zero-order chi connectivity index (χ0) is 20.3. The SMILES string of the molecule is Cc1ccsc1CCNC(=O)CCS(=O)(=O)c1cc2c(cc1Cl)CC(=O)CO2. The fourth-order valence-corrected chi connectivity index (χ4v) is 5.68. The minimum Gasteiger partial charge on any atom is -0.485 e. The highest BCUT2D eigenvalue weighted by Gasteiger charge is 2.25. The maximum atomic E-state index is 12.6. The molecular weight excluding hydrogens is 422 g/mol. The number of amides is 1. The van der Waals surface area contributed by atoms with Gasteiger partial charge in [-0.3, -0.25) is 9.59 Å². The van der Waals surface area contributed by atoms with E-state index in [-0.39, 0.29) is 46.8 Å². The van der Waals surface area contributed by atoms with E-state index < -0.39 is 9.84 Å². The molecule has 1 aliphatic rings. The molecule has 2 heterocycles. The largest absolute Gasteiger partial charge is 0.485 e. The topological polar surface area (TPSA) is 89.5 Å². The number of nitrogens with one attached hydrogen (secondary N) is 1. The van der Waals surface area contributed by atoms with E-state index in [0.717, 1.165) is 0 Å². The molecular formula is C19H20ClNO5S2. The summed E-state index contributed by atoms with van der Waals surface area (Å²) in [7, 11) is -3.76. The Bertz CT molecular complexity index is 1010. The molecule has 1 N–H and O–H groups in total. The molecule has 1 aromatic heterocycles. The number of hydrogen-bond acceptors (Lipinski definition) is 6. The molecule has 6 nitrogen and oxygen atoms in total. The first-order valence-electron chi connectivity index (χ1n) is 8.75. The van der Waals surface area contributed by atoms with Gasteiger partial charge in [0.2, 0.25) is 5.91 Å². The van der Waals surface area contributed by atoms with Crippen LogP contribution in [0.5, 0.6) is 5.75 Å². The molecule has 0 bridgehead atoms. The molecule has 0 saturated heterocycles. The number of Topliss-reactive ketones (excluding diaryl/α,β-unsaturated/α-hetero) is 1. The predicted molar refractivity (Wildman–Crippen MR) is 108 cm³/mol. The summed E-state index contributed by atoms with van der Waals surface area (Å²) in [6, 6.07) is 4.82. The Kier molecular flexibility index (Phi) is 6.42. The minimum atomic E-state index is -3.76. The molecule has 0 spiro atoms. The lowest BCUT2D eigenvalue weighted by molar-refractivity contribution is -0.121. The molecule has 28 heavy (non-hydrogen) atoms. The van der Waals surface area contributed by atoms with E-state index >= 15 is 0 Å². The van der Waals surface area contributed by atoms with Crippen LogP contribution in [0, 0.1) is 6.92 Å². The molecule has 150 valence electrons. The Hall–Kier alpha value is -1.90. The van der Waals surface area contributed by atoms with Crippen molar-refractivity contribution in [1.82, 2.24) is 5.32 Å². The zero-order valence-corrected chi connectivity index (χ0v) is 17.7. The Balaban J connectivity index is 1.58.